The Morgan fingerprint density at radius 2 is 1.86 bits per heavy atom. The Morgan fingerprint density at radius 3 is 2.29 bits per heavy atom. The third-order valence-electron chi connectivity index (χ3n) is 2.09. The van der Waals surface area contributed by atoms with E-state index in [1.54, 1.807) is 0 Å². The monoisotopic (exact) mass is 429 g/mol. The second-order valence-electron chi connectivity index (χ2n) is 3.59. The Labute approximate surface area is 127 Å². The van der Waals surface area contributed by atoms with Crippen molar-refractivity contribution in [3.05, 3.63) is 20.9 Å². The fraction of sp³-hybridized carbons (Fsp3) is 0.400. The summed E-state index contributed by atoms with van der Waals surface area (Å²) in [5, 5.41) is 0. The molecule has 0 radical (unpaired) electrons. The van der Waals surface area contributed by atoms with Gasteiger partial charge in [-0.1, -0.05) is 0 Å². The van der Waals surface area contributed by atoms with Gasteiger partial charge in [0, 0.05) is 0 Å². The van der Waals surface area contributed by atoms with E-state index in [0.717, 1.165) is 7.11 Å². The molecule has 1 aromatic rings. The lowest BCUT2D eigenvalue weighted by atomic mass is 10.1. The molecule has 0 aliphatic heterocycles. The molecule has 4 nitrogen and oxygen atoms in total. The second-order valence-corrected chi connectivity index (χ2v) is 4.61. The number of hydrogen-bond donors (Lipinski definition) is 0. The molecule has 11 heteroatoms. The third-order valence-corrected chi connectivity index (χ3v) is 3.03. The Morgan fingerprint density at radius 1 is 1.29 bits per heavy atom. The summed E-state index contributed by atoms with van der Waals surface area (Å²) in [6.45, 7) is 0. The average molecular weight is 429 g/mol. The zero-order chi connectivity index (χ0) is 16.4. The quantitative estimate of drug-likeness (QED) is 0.320. The third kappa shape index (κ3) is 5.21. The molecule has 21 heavy (non-hydrogen) atoms. The molecule has 1 heterocycles. The number of carbonyl (C=O) groups excluding carboxylic acids is 1. The van der Waals surface area contributed by atoms with Crippen molar-refractivity contribution in [2.24, 2.45) is 0 Å². The summed E-state index contributed by atoms with van der Waals surface area (Å²) in [4.78, 5) is 14.2. The van der Waals surface area contributed by atoms with Gasteiger partial charge in [-0.25, -0.2) is 4.98 Å². The molecule has 0 N–H and O–H groups in total. The van der Waals surface area contributed by atoms with Gasteiger partial charge >= 0.3 is 18.5 Å². The zero-order valence-corrected chi connectivity index (χ0v) is 12.3. The van der Waals surface area contributed by atoms with Crippen molar-refractivity contribution in [2.45, 2.75) is 19.0 Å². The zero-order valence-electron chi connectivity index (χ0n) is 10.1. The maximum absolute atomic E-state index is 12.7. The van der Waals surface area contributed by atoms with Crippen LogP contribution in [0, 0.1) is 3.70 Å². The van der Waals surface area contributed by atoms with Gasteiger partial charge in [-0.3, -0.25) is 4.79 Å². The van der Waals surface area contributed by atoms with Gasteiger partial charge < -0.3 is 9.47 Å². The number of pyridine rings is 1. The van der Waals surface area contributed by atoms with Crippen LogP contribution in [-0.4, -0.2) is 24.4 Å². The van der Waals surface area contributed by atoms with E-state index in [-0.39, 0.29) is 9.26 Å². The van der Waals surface area contributed by atoms with Crippen molar-refractivity contribution in [1.82, 2.24) is 4.98 Å². The maximum atomic E-state index is 12.7. The van der Waals surface area contributed by atoms with E-state index < -0.39 is 36.4 Å². The summed E-state index contributed by atoms with van der Waals surface area (Å²) < 4.78 is 81.9. The van der Waals surface area contributed by atoms with Gasteiger partial charge in [0.15, 0.2) is 0 Å². The summed E-state index contributed by atoms with van der Waals surface area (Å²) in [5.41, 5.74) is -1.94. The molecule has 0 saturated heterocycles. The minimum Gasteiger partial charge on any atom is -0.469 e. The summed E-state index contributed by atoms with van der Waals surface area (Å²) in [5.74, 6) is -2.47. The highest BCUT2D eigenvalue weighted by molar-refractivity contribution is 14.1. The number of halogens is 7. The Balaban J connectivity index is 3.33. The smallest absolute Gasteiger partial charge is 0.469 e. The Hall–Kier alpha value is -1.27. The minimum atomic E-state index is -5.32. The van der Waals surface area contributed by atoms with Crippen LogP contribution in [0.2, 0.25) is 0 Å². The fourth-order valence-electron chi connectivity index (χ4n) is 1.26. The molecule has 0 fully saturated rings. The lowest BCUT2D eigenvalue weighted by Gasteiger charge is -2.16. The van der Waals surface area contributed by atoms with Crippen LogP contribution in [0.3, 0.4) is 0 Å². The van der Waals surface area contributed by atoms with Gasteiger partial charge in [-0.15, -0.1) is 13.2 Å². The van der Waals surface area contributed by atoms with Gasteiger partial charge in [0.2, 0.25) is 5.88 Å². The minimum absolute atomic E-state index is 0.218. The molecule has 0 unspecified atom stereocenters. The number of aromatic nitrogens is 1. The van der Waals surface area contributed by atoms with Gasteiger partial charge in [0.25, 0.3) is 0 Å². The maximum Gasteiger partial charge on any atom is 0.574 e. The normalized spacial score (nSPS) is 12.2. The number of ether oxygens (including phenoxy) is 2. The van der Waals surface area contributed by atoms with Crippen molar-refractivity contribution < 1.29 is 40.6 Å². The van der Waals surface area contributed by atoms with E-state index in [0.29, 0.717) is 6.07 Å². The standard InChI is InChI=1S/C10H6F6INO3/c1-20-6(19)3-4-2-5(9(11,12)13)8(18-7(4)17)21-10(14,15)16/h2H,3H2,1H3. The summed E-state index contributed by atoms with van der Waals surface area (Å²) in [6.07, 6.45) is -11.0. The van der Waals surface area contributed by atoms with Gasteiger partial charge in [0.1, 0.15) is 9.26 Å². The van der Waals surface area contributed by atoms with Crippen molar-refractivity contribution in [3.8, 4) is 5.88 Å². The molecule has 0 spiro atoms. The second kappa shape index (κ2) is 6.23. The number of carbonyl (C=O) groups is 1. The first kappa shape index (κ1) is 17.8. The molecule has 1 rings (SSSR count). The van der Waals surface area contributed by atoms with Gasteiger partial charge in [-0.2, -0.15) is 13.2 Å². The van der Waals surface area contributed by atoms with E-state index in [9.17, 15) is 31.1 Å². The van der Waals surface area contributed by atoms with Crippen molar-refractivity contribution >= 4 is 28.6 Å². The lowest BCUT2D eigenvalue weighted by Crippen LogP contribution is -2.22. The van der Waals surface area contributed by atoms with E-state index in [4.69, 9.17) is 0 Å². The van der Waals surface area contributed by atoms with Crippen LogP contribution in [0.4, 0.5) is 26.3 Å². The Kier molecular flexibility index (Phi) is 5.28. The van der Waals surface area contributed by atoms with E-state index in [2.05, 4.69) is 14.5 Å². The van der Waals surface area contributed by atoms with Crippen LogP contribution in [0.25, 0.3) is 0 Å². The van der Waals surface area contributed by atoms with Crippen LogP contribution in [0.5, 0.6) is 5.88 Å². The van der Waals surface area contributed by atoms with Crippen LogP contribution in [0.1, 0.15) is 11.1 Å². The molecule has 0 saturated carbocycles. The van der Waals surface area contributed by atoms with E-state index in [1.807, 2.05) is 0 Å². The molecule has 0 aliphatic rings. The molecular weight excluding hydrogens is 423 g/mol. The predicted molar refractivity (Wildman–Crippen MR) is 64.4 cm³/mol. The SMILES string of the molecule is COC(=O)Cc1cc(C(F)(F)F)c(OC(F)(F)F)nc1I. The fourth-order valence-corrected chi connectivity index (χ4v) is 1.82. The molecule has 0 bridgehead atoms. The summed E-state index contributed by atoms with van der Waals surface area (Å²) in [7, 11) is 1.02. The van der Waals surface area contributed by atoms with Crippen LogP contribution in [-0.2, 0) is 22.1 Å². The summed E-state index contributed by atoms with van der Waals surface area (Å²) in [6, 6.07) is 0.382. The number of esters is 1. The highest BCUT2D eigenvalue weighted by Crippen LogP contribution is 2.38. The highest BCUT2D eigenvalue weighted by atomic mass is 127. The topological polar surface area (TPSA) is 48.4 Å². The number of hydrogen-bond acceptors (Lipinski definition) is 4. The molecule has 0 amide bonds. The average Bonchev–Trinajstić information content (AvgIpc) is 2.28. The first-order chi connectivity index (χ1) is 9.44. The van der Waals surface area contributed by atoms with Crippen LogP contribution < -0.4 is 4.74 Å². The number of alkyl halides is 6. The molecule has 0 aliphatic carbocycles. The number of rotatable bonds is 3. The van der Waals surface area contributed by atoms with E-state index >= 15 is 0 Å². The number of methoxy groups -OCH3 is 1. The van der Waals surface area contributed by atoms with Crippen molar-refractivity contribution in [2.75, 3.05) is 7.11 Å². The summed E-state index contributed by atoms with van der Waals surface area (Å²) >= 11 is 1.40. The van der Waals surface area contributed by atoms with Crippen LogP contribution >= 0.6 is 22.6 Å². The van der Waals surface area contributed by atoms with E-state index in [1.165, 1.54) is 22.6 Å². The largest absolute Gasteiger partial charge is 0.574 e. The molecule has 1 aromatic heterocycles. The lowest BCUT2D eigenvalue weighted by molar-refractivity contribution is -0.278. The number of nitrogens with zero attached hydrogens (tertiary/aromatic N) is 1. The first-order valence-electron chi connectivity index (χ1n) is 5.03. The van der Waals surface area contributed by atoms with Gasteiger partial charge in [-0.05, 0) is 34.2 Å². The van der Waals surface area contributed by atoms with Crippen LogP contribution in [0.15, 0.2) is 6.07 Å². The highest BCUT2D eigenvalue weighted by Gasteiger charge is 2.41. The predicted octanol–water partition coefficient (Wildman–Crippen LogP) is 3.32. The molecular formula is C10H6F6INO3. The molecule has 0 atom stereocenters. The van der Waals surface area contributed by atoms with Crippen molar-refractivity contribution in [1.29, 1.82) is 0 Å². The van der Waals surface area contributed by atoms with Gasteiger partial charge in [0.05, 0.1) is 13.5 Å². The first-order valence-corrected chi connectivity index (χ1v) is 6.11. The Bertz CT molecular complexity index is 543. The van der Waals surface area contributed by atoms with Crippen molar-refractivity contribution in [3.63, 3.8) is 0 Å². The molecule has 118 valence electrons. The molecule has 0 aromatic carbocycles.